The predicted molar refractivity (Wildman–Crippen MR) is 92.8 cm³/mol. The Labute approximate surface area is 141 Å². The number of amides is 1. The van der Waals surface area contributed by atoms with Crippen LogP contribution >= 0.6 is 22.7 Å². The third-order valence-corrected chi connectivity index (χ3v) is 6.10. The molecule has 2 heterocycles. The van der Waals surface area contributed by atoms with E-state index in [1.165, 1.54) is 22.7 Å². The van der Waals surface area contributed by atoms with Crippen molar-refractivity contribution in [1.29, 1.82) is 0 Å². The Balaban J connectivity index is 1.74. The van der Waals surface area contributed by atoms with E-state index in [1.807, 2.05) is 43.3 Å². The molecule has 0 spiro atoms. The van der Waals surface area contributed by atoms with Crippen LogP contribution in [0.25, 0.3) is 10.1 Å². The van der Waals surface area contributed by atoms with E-state index < -0.39 is 5.91 Å². The van der Waals surface area contributed by atoms with Gasteiger partial charge in [-0.15, -0.1) is 22.7 Å². The Morgan fingerprint density at radius 2 is 1.91 bits per heavy atom. The minimum absolute atomic E-state index is 0.0259. The zero-order chi connectivity index (χ0) is 16.4. The molecule has 0 saturated heterocycles. The van der Waals surface area contributed by atoms with Gasteiger partial charge in [0.2, 0.25) is 0 Å². The van der Waals surface area contributed by atoms with Gasteiger partial charge in [0, 0.05) is 16.0 Å². The Hall–Kier alpha value is -2.02. The van der Waals surface area contributed by atoms with E-state index in [-0.39, 0.29) is 11.7 Å². The van der Waals surface area contributed by atoms with Gasteiger partial charge < -0.3 is 0 Å². The van der Waals surface area contributed by atoms with Crippen LogP contribution in [0.15, 0.2) is 42.5 Å². The van der Waals surface area contributed by atoms with Crippen molar-refractivity contribution in [1.82, 2.24) is 5.48 Å². The normalized spacial score (nSPS) is 12.3. The maximum Gasteiger partial charge on any atom is 0.284 e. The average molecular weight is 345 g/mol. The summed E-state index contributed by atoms with van der Waals surface area (Å²) >= 11 is 2.81. The van der Waals surface area contributed by atoms with Crippen LogP contribution in [0.4, 0.5) is 0 Å². The highest BCUT2D eigenvalue weighted by Gasteiger charge is 2.18. The quantitative estimate of drug-likeness (QED) is 0.408. The van der Waals surface area contributed by atoms with Crippen LogP contribution in [0.3, 0.4) is 0 Å². The number of carbonyl (C=O) groups is 2. The van der Waals surface area contributed by atoms with Crippen molar-refractivity contribution in [3.8, 4) is 0 Å². The van der Waals surface area contributed by atoms with Crippen LogP contribution in [0.5, 0.6) is 0 Å². The summed E-state index contributed by atoms with van der Waals surface area (Å²) in [5.41, 5.74) is 1.62. The molecular weight excluding hydrogens is 330 g/mol. The molecule has 1 aromatic carbocycles. The summed E-state index contributed by atoms with van der Waals surface area (Å²) in [6.45, 7) is 1.97. The Kier molecular flexibility index (Phi) is 4.56. The molecule has 118 valence electrons. The molecule has 1 atom stereocenters. The summed E-state index contributed by atoms with van der Waals surface area (Å²) in [5, 5.41) is 9.74. The number of thiophene rings is 2. The lowest BCUT2D eigenvalue weighted by Gasteiger charge is -2.07. The number of rotatable bonds is 5. The van der Waals surface area contributed by atoms with E-state index in [9.17, 15) is 9.59 Å². The van der Waals surface area contributed by atoms with Crippen LogP contribution in [-0.2, 0) is 0 Å². The highest BCUT2D eigenvalue weighted by molar-refractivity contribution is 7.20. The van der Waals surface area contributed by atoms with E-state index in [0.717, 1.165) is 19.8 Å². The SMILES string of the molecule is C[C@@H](CC(=O)c1cc2ccccc2s1)c1ccc(C(=O)NO)s1. The zero-order valence-corrected chi connectivity index (χ0v) is 14.0. The van der Waals surface area contributed by atoms with Crippen LogP contribution in [0.2, 0.25) is 0 Å². The van der Waals surface area contributed by atoms with E-state index in [0.29, 0.717) is 11.3 Å². The number of Topliss-reactive ketones (excluding diaryl/α,β-unsaturated/α-hetero) is 1. The second-order valence-electron chi connectivity index (χ2n) is 5.32. The van der Waals surface area contributed by atoms with Gasteiger partial charge in [0.25, 0.3) is 5.91 Å². The first kappa shape index (κ1) is 15.9. The van der Waals surface area contributed by atoms with E-state index in [4.69, 9.17) is 5.21 Å². The number of nitrogens with one attached hydrogen (secondary N) is 1. The molecule has 2 aromatic heterocycles. The first-order chi connectivity index (χ1) is 11.1. The minimum Gasteiger partial charge on any atom is -0.293 e. The first-order valence-corrected chi connectivity index (χ1v) is 8.77. The molecule has 0 saturated carbocycles. The standard InChI is InChI=1S/C17H15NO3S2/c1-10(13-6-7-15(22-13)17(20)18-21)8-12(19)16-9-11-4-2-3-5-14(11)23-16/h2-7,9-10,21H,8H2,1H3,(H,18,20)/t10-/m0/s1. The smallest absolute Gasteiger partial charge is 0.284 e. The molecule has 23 heavy (non-hydrogen) atoms. The summed E-state index contributed by atoms with van der Waals surface area (Å²) in [4.78, 5) is 26.0. The van der Waals surface area contributed by atoms with Crippen LogP contribution in [0.1, 0.15) is 43.5 Å². The van der Waals surface area contributed by atoms with Crippen molar-refractivity contribution in [2.24, 2.45) is 0 Å². The first-order valence-electron chi connectivity index (χ1n) is 7.14. The summed E-state index contributed by atoms with van der Waals surface area (Å²) in [7, 11) is 0. The molecule has 0 unspecified atom stereocenters. The maximum absolute atomic E-state index is 12.5. The lowest BCUT2D eigenvalue weighted by atomic mass is 10.0. The molecule has 3 aromatic rings. The summed E-state index contributed by atoms with van der Waals surface area (Å²) < 4.78 is 1.11. The molecule has 6 heteroatoms. The molecule has 4 nitrogen and oxygen atoms in total. The third-order valence-electron chi connectivity index (χ3n) is 3.63. The molecule has 0 fully saturated rings. The van der Waals surface area contributed by atoms with Gasteiger partial charge in [-0.3, -0.25) is 14.8 Å². The van der Waals surface area contributed by atoms with Crippen molar-refractivity contribution in [2.75, 3.05) is 0 Å². The topological polar surface area (TPSA) is 66.4 Å². The van der Waals surface area contributed by atoms with Crippen molar-refractivity contribution < 1.29 is 14.8 Å². The maximum atomic E-state index is 12.5. The molecule has 0 aliphatic heterocycles. The number of carbonyl (C=O) groups excluding carboxylic acids is 2. The number of benzene rings is 1. The fourth-order valence-electron chi connectivity index (χ4n) is 2.39. The van der Waals surface area contributed by atoms with Crippen LogP contribution < -0.4 is 5.48 Å². The fraction of sp³-hybridized carbons (Fsp3) is 0.176. The number of hydroxylamine groups is 1. The lowest BCUT2D eigenvalue weighted by molar-refractivity contribution is 0.0711. The summed E-state index contributed by atoms with van der Waals surface area (Å²) in [6.07, 6.45) is 0.396. The largest absolute Gasteiger partial charge is 0.293 e. The molecule has 1 amide bonds. The van der Waals surface area contributed by atoms with Gasteiger partial charge in [0.1, 0.15) is 0 Å². The highest BCUT2D eigenvalue weighted by atomic mass is 32.1. The number of hydrogen-bond donors (Lipinski definition) is 2. The van der Waals surface area contributed by atoms with Gasteiger partial charge in [-0.1, -0.05) is 25.1 Å². The second-order valence-corrected chi connectivity index (χ2v) is 7.52. The van der Waals surface area contributed by atoms with Crippen molar-refractivity contribution in [3.63, 3.8) is 0 Å². The van der Waals surface area contributed by atoms with Crippen molar-refractivity contribution >= 4 is 44.5 Å². The lowest BCUT2D eigenvalue weighted by Crippen LogP contribution is -2.16. The molecule has 0 aliphatic carbocycles. The predicted octanol–water partition coefficient (Wildman–Crippen LogP) is 4.46. The molecule has 3 rings (SSSR count). The second kappa shape index (κ2) is 6.62. The van der Waals surface area contributed by atoms with Gasteiger partial charge in [-0.25, -0.2) is 5.48 Å². The van der Waals surface area contributed by atoms with E-state index >= 15 is 0 Å². The average Bonchev–Trinajstić information content (AvgIpc) is 3.20. The molecule has 0 bridgehead atoms. The third kappa shape index (κ3) is 3.34. The Morgan fingerprint density at radius 1 is 1.13 bits per heavy atom. The highest BCUT2D eigenvalue weighted by Crippen LogP contribution is 2.31. The van der Waals surface area contributed by atoms with E-state index in [1.54, 1.807) is 11.5 Å². The molecule has 0 radical (unpaired) electrons. The Bertz CT molecular complexity index is 832. The van der Waals surface area contributed by atoms with Gasteiger partial charge in [0.05, 0.1) is 9.75 Å². The van der Waals surface area contributed by atoms with Crippen molar-refractivity contribution in [3.05, 3.63) is 57.1 Å². The monoisotopic (exact) mass is 345 g/mol. The fourth-order valence-corrected chi connectivity index (χ4v) is 4.35. The van der Waals surface area contributed by atoms with Gasteiger partial charge in [-0.2, -0.15) is 0 Å². The van der Waals surface area contributed by atoms with Crippen molar-refractivity contribution in [2.45, 2.75) is 19.3 Å². The molecular formula is C17H15NO3S2. The van der Waals surface area contributed by atoms with Gasteiger partial charge in [-0.05, 0) is 35.6 Å². The van der Waals surface area contributed by atoms with Crippen LogP contribution in [-0.4, -0.2) is 16.9 Å². The van der Waals surface area contributed by atoms with Gasteiger partial charge >= 0.3 is 0 Å². The minimum atomic E-state index is -0.524. The van der Waals surface area contributed by atoms with E-state index in [2.05, 4.69) is 0 Å². The van der Waals surface area contributed by atoms with Crippen LogP contribution in [0, 0.1) is 0 Å². The number of hydrogen-bond acceptors (Lipinski definition) is 5. The molecule has 2 N–H and O–H groups in total. The zero-order valence-electron chi connectivity index (χ0n) is 12.4. The van der Waals surface area contributed by atoms with Gasteiger partial charge in [0.15, 0.2) is 5.78 Å². The molecule has 0 aliphatic rings. The number of fused-ring (bicyclic) bond motifs is 1. The summed E-state index contributed by atoms with van der Waals surface area (Å²) in [6, 6.07) is 13.4. The summed E-state index contributed by atoms with van der Waals surface area (Å²) in [5.74, 6) is -0.387. The number of ketones is 1. The Morgan fingerprint density at radius 3 is 2.65 bits per heavy atom.